The molecule has 0 radical (unpaired) electrons. The molecule has 0 saturated carbocycles. The summed E-state index contributed by atoms with van der Waals surface area (Å²) < 4.78 is 36.0. The van der Waals surface area contributed by atoms with Crippen molar-refractivity contribution in [2.75, 3.05) is 39.7 Å². The van der Waals surface area contributed by atoms with Crippen molar-refractivity contribution in [1.82, 2.24) is 5.06 Å². The summed E-state index contributed by atoms with van der Waals surface area (Å²) in [4.78, 5) is 18.2. The quantitative estimate of drug-likeness (QED) is 0.0428. The molecule has 0 spiro atoms. The zero-order valence-electron chi connectivity index (χ0n) is 32.3. The van der Waals surface area contributed by atoms with Crippen LogP contribution in [0, 0.1) is 0 Å². The predicted octanol–water partition coefficient (Wildman–Crippen LogP) is 9.76. The van der Waals surface area contributed by atoms with Crippen LogP contribution in [-0.2, 0) is 37.0 Å². The molecule has 2 unspecified atom stereocenters. The maximum absolute atomic E-state index is 12.6. The van der Waals surface area contributed by atoms with E-state index in [0.717, 1.165) is 57.8 Å². The fraction of sp³-hybridized carbons (Fsp3) is 0.465. The molecule has 4 aromatic rings. The Morgan fingerprint density at radius 1 is 0.811 bits per heavy atom. The molecule has 2 atom stereocenters. The standard InChI is InChI=1S/C43H57NO8Si/c1-43(2,3)51-42(45)52-44-22-21-39(35-17-19-37(20-18-35)48-24-12-23-46-30-33-13-8-7-9-14-33)41(29-44)49-31-34-27-36-15-10-11-16-38(36)40(28-34)50-32-47-25-26-53(4,5)6/h7-11,13-20,27-28,39,41H,12,21-26,29-32H2,1-6H3. The van der Waals surface area contributed by atoms with E-state index in [1.807, 2.05) is 69.3 Å². The van der Waals surface area contributed by atoms with Crippen LogP contribution in [0.1, 0.15) is 56.2 Å². The van der Waals surface area contributed by atoms with Crippen molar-refractivity contribution >= 4 is 25.0 Å². The van der Waals surface area contributed by atoms with E-state index in [1.165, 1.54) is 0 Å². The second kappa shape index (κ2) is 19.4. The van der Waals surface area contributed by atoms with Crippen LogP contribution in [0.5, 0.6) is 11.5 Å². The molecule has 5 rings (SSSR count). The number of hydrogen-bond donors (Lipinski definition) is 0. The summed E-state index contributed by atoms with van der Waals surface area (Å²) in [5.74, 6) is 1.65. The number of hydrogen-bond acceptors (Lipinski definition) is 9. The van der Waals surface area contributed by atoms with Gasteiger partial charge in [0.05, 0.1) is 39.1 Å². The fourth-order valence-electron chi connectivity index (χ4n) is 6.11. The van der Waals surface area contributed by atoms with Gasteiger partial charge in [0.2, 0.25) is 0 Å². The Hall–Kier alpha value is -3.93. The third kappa shape index (κ3) is 13.8. The zero-order valence-corrected chi connectivity index (χ0v) is 33.3. The van der Waals surface area contributed by atoms with Gasteiger partial charge in [-0.3, -0.25) is 0 Å². The Kier molecular flexibility index (Phi) is 14.7. The molecular weight excluding hydrogens is 687 g/mol. The third-order valence-corrected chi connectivity index (χ3v) is 10.6. The summed E-state index contributed by atoms with van der Waals surface area (Å²) >= 11 is 0. The maximum atomic E-state index is 12.6. The van der Waals surface area contributed by atoms with Crippen LogP contribution in [0.15, 0.2) is 91.0 Å². The Morgan fingerprint density at radius 3 is 2.32 bits per heavy atom. The minimum atomic E-state index is -1.19. The van der Waals surface area contributed by atoms with Gasteiger partial charge in [0, 0.05) is 39.0 Å². The van der Waals surface area contributed by atoms with E-state index >= 15 is 0 Å². The molecule has 1 fully saturated rings. The van der Waals surface area contributed by atoms with Crippen LogP contribution in [0.4, 0.5) is 4.79 Å². The van der Waals surface area contributed by atoms with E-state index in [1.54, 1.807) is 5.06 Å². The molecule has 9 nitrogen and oxygen atoms in total. The van der Waals surface area contributed by atoms with Crippen molar-refractivity contribution in [3.05, 3.63) is 108 Å². The minimum absolute atomic E-state index is 0.0740. The number of hydroxylamine groups is 2. The number of rotatable bonds is 18. The van der Waals surface area contributed by atoms with Gasteiger partial charge in [-0.25, -0.2) is 4.79 Å². The van der Waals surface area contributed by atoms with E-state index in [-0.39, 0.29) is 18.8 Å². The van der Waals surface area contributed by atoms with Crippen molar-refractivity contribution < 1.29 is 38.1 Å². The van der Waals surface area contributed by atoms with Crippen molar-refractivity contribution in [1.29, 1.82) is 0 Å². The molecule has 0 amide bonds. The third-order valence-electron chi connectivity index (χ3n) is 8.88. The van der Waals surface area contributed by atoms with E-state index in [0.29, 0.717) is 46.1 Å². The van der Waals surface area contributed by atoms with Crippen LogP contribution in [0.2, 0.25) is 25.7 Å². The van der Waals surface area contributed by atoms with Gasteiger partial charge in [-0.2, -0.15) is 0 Å². The van der Waals surface area contributed by atoms with Crippen LogP contribution in [0.3, 0.4) is 0 Å². The largest absolute Gasteiger partial charge is 0.528 e. The van der Waals surface area contributed by atoms with Crippen molar-refractivity contribution in [2.45, 2.75) is 90.1 Å². The van der Waals surface area contributed by atoms with Gasteiger partial charge in [0.15, 0.2) is 6.79 Å². The van der Waals surface area contributed by atoms with Crippen molar-refractivity contribution in [2.24, 2.45) is 0 Å². The Bertz CT molecular complexity index is 1700. The summed E-state index contributed by atoms with van der Waals surface area (Å²) in [6.45, 7) is 16.5. The molecule has 4 aromatic carbocycles. The number of benzene rings is 4. The van der Waals surface area contributed by atoms with Crippen molar-refractivity contribution in [3.8, 4) is 11.5 Å². The van der Waals surface area contributed by atoms with Gasteiger partial charge < -0.3 is 33.3 Å². The van der Waals surface area contributed by atoms with Gasteiger partial charge in [0.25, 0.3) is 0 Å². The molecule has 0 bridgehead atoms. The lowest BCUT2D eigenvalue weighted by Crippen LogP contribution is -2.45. The molecule has 53 heavy (non-hydrogen) atoms. The highest BCUT2D eigenvalue weighted by molar-refractivity contribution is 6.76. The molecule has 10 heteroatoms. The Morgan fingerprint density at radius 2 is 1.57 bits per heavy atom. The molecular formula is C43H57NO8Si. The van der Waals surface area contributed by atoms with Gasteiger partial charge >= 0.3 is 6.16 Å². The average Bonchev–Trinajstić information content (AvgIpc) is 3.11. The average molecular weight is 744 g/mol. The normalized spacial score (nSPS) is 16.7. The molecule has 0 aliphatic carbocycles. The van der Waals surface area contributed by atoms with Gasteiger partial charge in [-0.05, 0) is 79.6 Å². The summed E-state index contributed by atoms with van der Waals surface area (Å²) in [6.07, 6.45) is 0.548. The lowest BCUT2D eigenvalue weighted by Gasteiger charge is -2.37. The summed E-state index contributed by atoms with van der Waals surface area (Å²) in [7, 11) is -1.19. The molecule has 1 saturated heterocycles. The number of fused-ring (bicyclic) bond motifs is 1. The Balaban J connectivity index is 1.22. The van der Waals surface area contributed by atoms with Crippen molar-refractivity contribution in [3.63, 3.8) is 0 Å². The first-order valence-corrected chi connectivity index (χ1v) is 22.5. The number of nitrogens with zero attached hydrogens (tertiary/aromatic N) is 1. The van der Waals surface area contributed by atoms with Crippen LogP contribution in [-0.4, -0.2) is 70.7 Å². The Labute approximate surface area is 316 Å². The lowest BCUT2D eigenvalue weighted by molar-refractivity contribution is -0.179. The molecule has 1 heterocycles. The highest BCUT2D eigenvalue weighted by Crippen LogP contribution is 2.34. The molecule has 1 aliphatic rings. The first kappa shape index (κ1) is 40.3. The highest BCUT2D eigenvalue weighted by atomic mass is 28.3. The minimum Gasteiger partial charge on any atom is -0.494 e. The monoisotopic (exact) mass is 743 g/mol. The van der Waals surface area contributed by atoms with Gasteiger partial charge in [-0.1, -0.05) is 86.4 Å². The summed E-state index contributed by atoms with van der Waals surface area (Å²) in [5.41, 5.74) is 2.64. The first-order chi connectivity index (χ1) is 25.4. The maximum Gasteiger partial charge on any atom is 0.528 e. The molecule has 286 valence electrons. The highest BCUT2D eigenvalue weighted by Gasteiger charge is 2.34. The topological polar surface area (TPSA) is 84.9 Å². The fourth-order valence-corrected chi connectivity index (χ4v) is 6.86. The molecule has 1 aliphatic heterocycles. The zero-order chi connectivity index (χ0) is 37.7. The first-order valence-electron chi connectivity index (χ1n) is 18.8. The summed E-state index contributed by atoms with van der Waals surface area (Å²) in [6, 6.07) is 31.9. The second-order valence-corrected chi connectivity index (χ2v) is 21.4. The van der Waals surface area contributed by atoms with Crippen LogP contribution >= 0.6 is 0 Å². The van der Waals surface area contributed by atoms with E-state index < -0.39 is 19.8 Å². The van der Waals surface area contributed by atoms with Gasteiger partial charge in [-0.15, -0.1) is 5.06 Å². The number of carbonyl (C=O) groups excluding carboxylic acids is 1. The lowest BCUT2D eigenvalue weighted by atomic mass is 9.87. The number of piperidine rings is 1. The smallest absolute Gasteiger partial charge is 0.494 e. The van der Waals surface area contributed by atoms with E-state index in [9.17, 15) is 4.79 Å². The SMILES string of the molecule is CC(C)(C)OC(=O)ON1CCC(c2ccc(OCCCOCc3ccccc3)cc2)C(OCc2cc(OCOCC[Si](C)(C)C)c3ccccc3c2)C1. The summed E-state index contributed by atoms with van der Waals surface area (Å²) in [5, 5.41) is 3.75. The molecule has 0 N–H and O–H groups in total. The van der Waals surface area contributed by atoms with E-state index in [2.05, 4.69) is 62.1 Å². The van der Waals surface area contributed by atoms with Crippen LogP contribution in [0.25, 0.3) is 10.8 Å². The second-order valence-electron chi connectivity index (χ2n) is 15.8. The molecule has 0 aromatic heterocycles. The number of ether oxygens (including phenoxy) is 6. The predicted molar refractivity (Wildman–Crippen MR) is 211 cm³/mol. The van der Waals surface area contributed by atoms with E-state index in [4.69, 9.17) is 33.3 Å². The van der Waals surface area contributed by atoms with Gasteiger partial charge in [0.1, 0.15) is 17.1 Å². The number of carbonyl (C=O) groups is 1. The van der Waals surface area contributed by atoms with Crippen LogP contribution < -0.4 is 9.47 Å².